The number of esters is 1. The van der Waals surface area contributed by atoms with Crippen molar-refractivity contribution in [2.45, 2.75) is 77.6 Å². The molecule has 0 aliphatic heterocycles. The van der Waals surface area contributed by atoms with Crippen LogP contribution in [0.1, 0.15) is 58.1 Å². The number of rotatable bonds is 6. The minimum Gasteiger partial charge on any atom is -0.466 e. The van der Waals surface area contributed by atoms with Crippen molar-refractivity contribution in [2.24, 2.45) is 5.92 Å². The van der Waals surface area contributed by atoms with Crippen LogP contribution in [0.2, 0.25) is 23.2 Å². The van der Waals surface area contributed by atoms with E-state index in [1.807, 2.05) is 19.1 Å². The summed E-state index contributed by atoms with van der Waals surface area (Å²) in [6, 6.07) is 3.92. The lowest BCUT2D eigenvalue weighted by molar-refractivity contribution is -0.144. The zero-order valence-electron chi connectivity index (χ0n) is 17.5. The largest absolute Gasteiger partial charge is 0.466 e. The van der Waals surface area contributed by atoms with Gasteiger partial charge in [-0.3, -0.25) is 4.79 Å². The van der Waals surface area contributed by atoms with Gasteiger partial charge < -0.3 is 9.16 Å². The summed E-state index contributed by atoms with van der Waals surface area (Å²) in [5.41, 5.74) is 2.33. The lowest BCUT2D eigenvalue weighted by Gasteiger charge is -2.41. The van der Waals surface area contributed by atoms with E-state index in [2.05, 4.69) is 56.7 Å². The van der Waals surface area contributed by atoms with Crippen LogP contribution < -0.4 is 0 Å². The van der Waals surface area contributed by atoms with E-state index in [1.165, 1.54) is 5.56 Å². The van der Waals surface area contributed by atoms with Gasteiger partial charge in [0.25, 0.3) is 0 Å². The zero-order valence-corrected chi connectivity index (χ0v) is 20.8. The first-order chi connectivity index (χ1) is 12.4. The Morgan fingerprint density at radius 3 is 2.56 bits per heavy atom. The van der Waals surface area contributed by atoms with Gasteiger partial charge in [-0.1, -0.05) is 48.3 Å². The van der Waals surface area contributed by atoms with Crippen molar-refractivity contribution >= 4 is 41.8 Å². The van der Waals surface area contributed by atoms with E-state index in [0.29, 0.717) is 13.0 Å². The predicted molar refractivity (Wildman–Crippen MR) is 118 cm³/mol. The third-order valence-electron chi connectivity index (χ3n) is 6.08. The molecule has 0 aromatic heterocycles. The van der Waals surface area contributed by atoms with Crippen molar-refractivity contribution in [3.63, 3.8) is 0 Å². The van der Waals surface area contributed by atoms with E-state index in [9.17, 15) is 4.79 Å². The summed E-state index contributed by atoms with van der Waals surface area (Å²) in [4.78, 5) is 12.2. The van der Waals surface area contributed by atoms with Gasteiger partial charge >= 0.3 is 5.97 Å². The minimum atomic E-state index is -1.94. The van der Waals surface area contributed by atoms with Crippen molar-refractivity contribution in [1.82, 2.24) is 0 Å². The zero-order chi connectivity index (χ0) is 20.6. The maximum absolute atomic E-state index is 12.2. The highest BCUT2D eigenvalue weighted by atomic mass is 79.9. The van der Waals surface area contributed by atoms with Gasteiger partial charge in [0, 0.05) is 27.9 Å². The summed E-state index contributed by atoms with van der Waals surface area (Å²) < 4.78 is 13.0. The van der Waals surface area contributed by atoms with Crippen LogP contribution >= 0.6 is 27.5 Å². The van der Waals surface area contributed by atoms with E-state index in [4.69, 9.17) is 20.8 Å². The van der Waals surface area contributed by atoms with Crippen LogP contribution in [0.15, 0.2) is 16.6 Å². The molecule has 27 heavy (non-hydrogen) atoms. The minimum absolute atomic E-state index is 0.00124. The Morgan fingerprint density at radius 2 is 2.00 bits per heavy atom. The number of hydrogen-bond donors (Lipinski definition) is 0. The maximum Gasteiger partial charge on any atom is 0.306 e. The average molecular weight is 476 g/mol. The molecule has 1 aromatic carbocycles. The fourth-order valence-corrected chi connectivity index (χ4v) is 6.08. The molecule has 1 aliphatic rings. The highest BCUT2D eigenvalue weighted by Gasteiger charge is 2.45. The molecule has 2 rings (SSSR count). The second-order valence-corrected chi connectivity index (χ2v) is 15.0. The van der Waals surface area contributed by atoms with Gasteiger partial charge in [0.05, 0.1) is 6.61 Å². The van der Waals surface area contributed by atoms with E-state index in [1.54, 1.807) is 0 Å². The lowest BCUT2D eigenvalue weighted by atomic mass is 9.86. The Kier molecular flexibility index (Phi) is 7.27. The molecule has 0 N–H and O–H groups in total. The smallest absolute Gasteiger partial charge is 0.306 e. The highest BCUT2D eigenvalue weighted by Crippen LogP contribution is 2.50. The fraction of sp³-hybridized carbons (Fsp3) is 0.667. The quantitative estimate of drug-likeness (QED) is 0.338. The van der Waals surface area contributed by atoms with Crippen LogP contribution in [0.25, 0.3) is 0 Å². The summed E-state index contributed by atoms with van der Waals surface area (Å²) >= 11 is 10.2. The van der Waals surface area contributed by atoms with Gasteiger partial charge in [0.2, 0.25) is 0 Å². The average Bonchev–Trinajstić information content (AvgIpc) is 2.90. The number of carbonyl (C=O) groups is 1. The Labute approximate surface area is 178 Å². The van der Waals surface area contributed by atoms with Gasteiger partial charge in [0.15, 0.2) is 8.32 Å². The summed E-state index contributed by atoms with van der Waals surface area (Å²) in [6.45, 7) is 15.7. The van der Waals surface area contributed by atoms with Gasteiger partial charge in [-0.25, -0.2) is 0 Å². The number of carbonyl (C=O) groups excluding carboxylic acids is 1. The molecule has 3 nitrogen and oxygen atoms in total. The van der Waals surface area contributed by atoms with Crippen LogP contribution in [0.3, 0.4) is 0 Å². The molecule has 1 unspecified atom stereocenters. The van der Waals surface area contributed by atoms with Gasteiger partial charge in [0.1, 0.15) is 0 Å². The van der Waals surface area contributed by atoms with Crippen LogP contribution in [0.5, 0.6) is 0 Å². The molecule has 0 radical (unpaired) electrons. The summed E-state index contributed by atoms with van der Waals surface area (Å²) in [5, 5.41) is 0.898. The Morgan fingerprint density at radius 1 is 1.37 bits per heavy atom. The molecule has 0 spiro atoms. The molecule has 1 aliphatic carbocycles. The van der Waals surface area contributed by atoms with Crippen molar-refractivity contribution < 1.29 is 14.0 Å². The molecule has 6 heteroatoms. The number of benzene rings is 1. The van der Waals surface area contributed by atoms with Gasteiger partial charge in [-0.2, -0.15) is 0 Å². The molecule has 0 bridgehead atoms. The molecule has 152 valence electrons. The third kappa shape index (κ3) is 4.98. The van der Waals surface area contributed by atoms with Crippen LogP contribution in [-0.2, 0) is 20.4 Å². The van der Waals surface area contributed by atoms with Crippen molar-refractivity contribution in [3.8, 4) is 0 Å². The number of fused-ring (bicyclic) bond motifs is 1. The molecule has 3 atom stereocenters. The Hall–Kier alpha value is -0.363. The Balaban J connectivity index is 2.39. The normalized spacial score (nSPS) is 21.1. The highest BCUT2D eigenvalue weighted by molar-refractivity contribution is 9.10. The molecular weight excluding hydrogens is 444 g/mol. The van der Waals surface area contributed by atoms with E-state index in [-0.39, 0.29) is 28.9 Å². The fourth-order valence-electron chi connectivity index (χ4n) is 3.77. The number of halogens is 2. The van der Waals surface area contributed by atoms with Gasteiger partial charge in [-0.15, -0.1) is 0 Å². The SMILES string of the molecule is CCOC(=O)C[C@@H]1Cc2c(Cl)ccc(Br)c2[C@H]1C(C)O[Si](C)(C)C(C)(C)C. The number of hydrogen-bond acceptors (Lipinski definition) is 3. The summed E-state index contributed by atoms with van der Waals surface area (Å²) in [5.74, 6) is 0.105. The molecule has 0 heterocycles. The maximum atomic E-state index is 12.2. The van der Waals surface area contributed by atoms with Crippen molar-refractivity contribution in [2.75, 3.05) is 6.61 Å². The first-order valence-corrected chi connectivity index (χ1v) is 13.8. The topological polar surface area (TPSA) is 35.5 Å². The summed E-state index contributed by atoms with van der Waals surface area (Å²) in [7, 11) is -1.94. The van der Waals surface area contributed by atoms with Crippen LogP contribution in [0.4, 0.5) is 0 Å². The summed E-state index contributed by atoms with van der Waals surface area (Å²) in [6.07, 6.45) is 1.17. The third-order valence-corrected chi connectivity index (χ3v) is 11.7. The first-order valence-electron chi connectivity index (χ1n) is 9.69. The second-order valence-electron chi connectivity index (χ2n) is 9.00. The lowest BCUT2D eigenvalue weighted by Crippen LogP contribution is -2.45. The molecule has 0 fully saturated rings. The van der Waals surface area contributed by atoms with Crippen LogP contribution in [-0.4, -0.2) is 27.0 Å². The van der Waals surface area contributed by atoms with Crippen molar-refractivity contribution in [3.05, 3.63) is 32.8 Å². The molecule has 1 aromatic rings. The van der Waals surface area contributed by atoms with E-state index < -0.39 is 8.32 Å². The molecule has 0 saturated carbocycles. The molecular formula is C21H32BrClO3Si. The number of ether oxygens (including phenoxy) is 1. The second kappa shape index (κ2) is 8.56. The first kappa shape index (κ1) is 22.9. The standard InChI is InChI=1S/C21H32BrClO3Si/c1-8-25-18(24)12-14-11-15-17(23)10-9-16(22)20(15)19(14)13(2)26-27(6,7)21(3,4)5/h9-10,13-14,19H,8,11-12H2,1-7H3/t13?,14-,19-/m0/s1. The molecule has 0 amide bonds. The van der Waals surface area contributed by atoms with Gasteiger partial charge in [-0.05, 0) is 67.6 Å². The van der Waals surface area contributed by atoms with E-state index in [0.717, 1.165) is 21.5 Å². The predicted octanol–water partition coefficient (Wildman–Crippen LogP) is 6.72. The molecule has 0 saturated heterocycles. The Bertz CT molecular complexity index is 699. The van der Waals surface area contributed by atoms with Crippen LogP contribution in [0, 0.1) is 5.92 Å². The van der Waals surface area contributed by atoms with E-state index >= 15 is 0 Å². The monoisotopic (exact) mass is 474 g/mol. The van der Waals surface area contributed by atoms with Crippen molar-refractivity contribution in [1.29, 1.82) is 0 Å².